The number of sulfonamides is 1. The average Bonchev–Trinajstić information content (AvgIpc) is 3.05. The fraction of sp³-hybridized carbons (Fsp3) is 0.667. The highest BCUT2D eigenvalue weighted by Gasteiger charge is 2.37. The van der Waals surface area contributed by atoms with E-state index in [1.54, 1.807) is 6.07 Å². The molecule has 1 aliphatic rings. The second-order valence-electron chi connectivity index (χ2n) is 5.96. The zero-order chi connectivity index (χ0) is 18.7. The van der Waals surface area contributed by atoms with Crippen LogP contribution in [0.5, 0.6) is 0 Å². The molecule has 0 bridgehead atoms. The van der Waals surface area contributed by atoms with Crippen molar-refractivity contribution in [3.63, 3.8) is 0 Å². The van der Waals surface area contributed by atoms with Crippen molar-refractivity contribution in [2.24, 2.45) is 5.92 Å². The van der Waals surface area contributed by atoms with Crippen LogP contribution in [0.3, 0.4) is 0 Å². The van der Waals surface area contributed by atoms with E-state index in [0.717, 1.165) is 4.90 Å². The van der Waals surface area contributed by atoms with Crippen LogP contribution < -0.4 is 0 Å². The minimum Gasteiger partial charge on any atom is -0.467 e. The largest absolute Gasteiger partial charge is 0.467 e. The van der Waals surface area contributed by atoms with Gasteiger partial charge in [-0.05, 0) is 31.9 Å². The lowest BCUT2D eigenvalue weighted by Gasteiger charge is -2.33. The van der Waals surface area contributed by atoms with Crippen molar-refractivity contribution in [3.05, 3.63) is 24.2 Å². The third-order valence-corrected chi connectivity index (χ3v) is 6.05. The number of amides is 1. The molecule has 1 aromatic heterocycles. The van der Waals surface area contributed by atoms with Gasteiger partial charge in [-0.25, -0.2) is 12.7 Å². The number of halogens is 3. The van der Waals surface area contributed by atoms with Gasteiger partial charge in [-0.15, -0.1) is 0 Å². The molecule has 0 unspecified atom stereocenters. The lowest BCUT2D eigenvalue weighted by atomic mass is 9.96. The Bertz CT molecular complexity index is 665. The molecule has 10 heteroatoms. The van der Waals surface area contributed by atoms with Gasteiger partial charge in [0.25, 0.3) is 0 Å². The summed E-state index contributed by atoms with van der Waals surface area (Å²) in [6.45, 7) is 0.195. The highest BCUT2D eigenvalue weighted by molar-refractivity contribution is 7.89. The number of rotatable bonds is 6. The van der Waals surface area contributed by atoms with Crippen LogP contribution in [-0.4, -0.2) is 55.1 Å². The number of carbonyl (C=O) groups excluding carboxylic acids is 1. The Balaban J connectivity index is 2.04. The van der Waals surface area contributed by atoms with E-state index in [2.05, 4.69) is 0 Å². The Morgan fingerprint density at radius 3 is 2.48 bits per heavy atom. The molecule has 0 aromatic carbocycles. The van der Waals surface area contributed by atoms with Crippen LogP contribution in [0.1, 0.15) is 25.5 Å². The van der Waals surface area contributed by atoms with E-state index in [9.17, 15) is 26.4 Å². The molecular formula is C15H21F3N2O4S. The van der Waals surface area contributed by atoms with Crippen molar-refractivity contribution in [2.45, 2.75) is 32.5 Å². The topological polar surface area (TPSA) is 70.8 Å². The summed E-state index contributed by atoms with van der Waals surface area (Å²) in [7, 11) is -3.35. The van der Waals surface area contributed by atoms with Crippen molar-refractivity contribution in [2.75, 3.05) is 25.4 Å². The van der Waals surface area contributed by atoms with Crippen molar-refractivity contribution in [3.8, 4) is 0 Å². The maximum Gasteiger partial charge on any atom is 0.406 e. The van der Waals surface area contributed by atoms with Crippen molar-refractivity contribution in [1.29, 1.82) is 0 Å². The first-order valence-electron chi connectivity index (χ1n) is 7.98. The van der Waals surface area contributed by atoms with Crippen molar-refractivity contribution >= 4 is 15.9 Å². The summed E-state index contributed by atoms with van der Waals surface area (Å²) in [5, 5.41) is 0. The second kappa shape index (κ2) is 7.77. The standard InChI is InChI=1S/C15H21F3N2O4S/c1-2-25(22,23)20-7-5-12(6-8-20)14(21)19(11-15(16,17)18)10-13-4-3-9-24-13/h3-4,9,12H,2,5-8,10-11H2,1H3. The molecule has 25 heavy (non-hydrogen) atoms. The molecule has 0 saturated carbocycles. The molecular weight excluding hydrogens is 361 g/mol. The first-order valence-corrected chi connectivity index (χ1v) is 9.59. The number of hydrogen-bond acceptors (Lipinski definition) is 4. The fourth-order valence-corrected chi connectivity index (χ4v) is 3.97. The number of hydrogen-bond donors (Lipinski definition) is 0. The van der Waals surface area contributed by atoms with Crippen molar-refractivity contribution < 1.29 is 30.8 Å². The summed E-state index contributed by atoms with van der Waals surface area (Å²) in [5.41, 5.74) is 0. The molecule has 1 aromatic rings. The predicted molar refractivity (Wildman–Crippen MR) is 83.9 cm³/mol. The molecule has 1 aliphatic heterocycles. The number of carbonyl (C=O) groups is 1. The first kappa shape index (κ1) is 19.8. The van der Waals surface area contributed by atoms with Gasteiger partial charge in [0.2, 0.25) is 15.9 Å². The normalized spacial score (nSPS) is 17.6. The third kappa shape index (κ3) is 5.46. The van der Waals surface area contributed by atoms with Gasteiger partial charge in [0.15, 0.2) is 0 Å². The van der Waals surface area contributed by atoms with Gasteiger partial charge >= 0.3 is 6.18 Å². The maximum atomic E-state index is 12.8. The van der Waals surface area contributed by atoms with E-state index in [1.807, 2.05) is 0 Å². The number of furan rings is 1. The molecule has 6 nitrogen and oxygen atoms in total. The van der Waals surface area contributed by atoms with Crippen LogP contribution in [0.25, 0.3) is 0 Å². The van der Waals surface area contributed by atoms with Gasteiger partial charge in [0.05, 0.1) is 18.6 Å². The molecule has 2 rings (SSSR count). The van der Waals surface area contributed by atoms with Gasteiger partial charge in [-0.2, -0.15) is 13.2 Å². The summed E-state index contributed by atoms with van der Waals surface area (Å²) in [5.74, 6) is -1.02. The molecule has 0 radical (unpaired) electrons. The second-order valence-corrected chi connectivity index (χ2v) is 8.22. The van der Waals surface area contributed by atoms with E-state index in [4.69, 9.17) is 4.42 Å². The highest BCUT2D eigenvalue weighted by Crippen LogP contribution is 2.25. The Morgan fingerprint density at radius 1 is 1.36 bits per heavy atom. The van der Waals surface area contributed by atoms with Gasteiger partial charge < -0.3 is 9.32 Å². The van der Waals surface area contributed by atoms with Crippen molar-refractivity contribution in [1.82, 2.24) is 9.21 Å². The van der Waals surface area contributed by atoms with Gasteiger partial charge in [0, 0.05) is 19.0 Å². The lowest BCUT2D eigenvalue weighted by molar-refractivity contribution is -0.166. The molecule has 2 heterocycles. The minimum absolute atomic E-state index is 0.0374. The molecule has 0 aliphatic carbocycles. The summed E-state index contributed by atoms with van der Waals surface area (Å²) in [6.07, 6.45) is -2.76. The van der Waals surface area contributed by atoms with Crippen LogP contribution in [0.2, 0.25) is 0 Å². The molecule has 1 fully saturated rings. The minimum atomic E-state index is -4.52. The smallest absolute Gasteiger partial charge is 0.406 e. The number of alkyl halides is 3. The average molecular weight is 382 g/mol. The van der Waals surface area contributed by atoms with E-state index >= 15 is 0 Å². The summed E-state index contributed by atoms with van der Waals surface area (Å²) in [6, 6.07) is 3.05. The fourth-order valence-electron chi connectivity index (χ4n) is 2.84. The van der Waals surface area contributed by atoms with Crippen LogP contribution in [0, 0.1) is 5.92 Å². The van der Waals surface area contributed by atoms with E-state index in [0.29, 0.717) is 0 Å². The Kier molecular flexibility index (Phi) is 6.15. The van der Waals surface area contributed by atoms with Crippen LogP contribution in [0.15, 0.2) is 22.8 Å². The Hall–Kier alpha value is -1.55. The van der Waals surface area contributed by atoms with Crippen LogP contribution >= 0.6 is 0 Å². The number of piperidine rings is 1. The third-order valence-electron chi connectivity index (χ3n) is 4.17. The summed E-state index contributed by atoms with van der Waals surface area (Å²) >= 11 is 0. The molecule has 1 amide bonds. The summed E-state index contributed by atoms with van der Waals surface area (Å²) < 4.78 is 68.4. The van der Waals surface area contributed by atoms with Gasteiger partial charge in [-0.3, -0.25) is 4.79 Å². The molecule has 1 saturated heterocycles. The predicted octanol–water partition coefficient (Wildman–Crippen LogP) is 2.23. The lowest BCUT2D eigenvalue weighted by Crippen LogP contribution is -2.46. The Labute approximate surface area is 144 Å². The number of nitrogens with zero attached hydrogens (tertiary/aromatic N) is 2. The first-order chi connectivity index (χ1) is 11.6. The van der Waals surface area contributed by atoms with E-state index in [1.165, 1.54) is 23.6 Å². The zero-order valence-corrected chi connectivity index (χ0v) is 14.6. The molecule has 0 atom stereocenters. The highest BCUT2D eigenvalue weighted by atomic mass is 32.2. The van der Waals surface area contributed by atoms with Crippen LogP contribution in [-0.2, 0) is 21.4 Å². The molecule has 142 valence electrons. The summed E-state index contributed by atoms with van der Waals surface area (Å²) in [4.78, 5) is 13.3. The van der Waals surface area contributed by atoms with E-state index in [-0.39, 0.29) is 44.0 Å². The van der Waals surface area contributed by atoms with Gasteiger partial charge in [0.1, 0.15) is 12.3 Å². The monoisotopic (exact) mass is 382 g/mol. The quantitative estimate of drug-likeness (QED) is 0.757. The maximum absolute atomic E-state index is 12.8. The molecule has 0 N–H and O–H groups in total. The van der Waals surface area contributed by atoms with Crippen LogP contribution in [0.4, 0.5) is 13.2 Å². The van der Waals surface area contributed by atoms with E-state index < -0.39 is 34.6 Å². The SMILES string of the molecule is CCS(=O)(=O)N1CCC(C(=O)N(Cc2ccco2)CC(F)(F)F)CC1. The zero-order valence-electron chi connectivity index (χ0n) is 13.8. The van der Waals surface area contributed by atoms with Gasteiger partial charge in [-0.1, -0.05) is 0 Å². The Morgan fingerprint density at radius 2 is 2.00 bits per heavy atom. The molecule has 0 spiro atoms.